The van der Waals surface area contributed by atoms with Gasteiger partial charge in [0.1, 0.15) is 0 Å². The SMILES string of the molecule is C=C/C=C(\C=C)C(C#N)(CC)CCNCC. The normalized spacial score (nSPS) is 14.9. The van der Waals surface area contributed by atoms with Crippen molar-refractivity contribution in [3.63, 3.8) is 0 Å². The molecular weight excluding hydrogens is 196 g/mol. The van der Waals surface area contributed by atoms with Crippen LogP contribution in [-0.2, 0) is 0 Å². The fourth-order valence-corrected chi connectivity index (χ4v) is 1.75. The van der Waals surface area contributed by atoms with Gasteiger partial charge in [-0.15, -0.1) is 0 Å². The van der Waals surface area contributed by atoms with E-state index in [1.54, 1.807) is 12.2 Å². The van der Waals surface area contributed by atoms with E-state index >= 15 is 0 Å². The van der Waals surface area contributed by atoms with Crippen LogP contribution in [0.4, 0.5) is 0 Å². The van der Waals surface area contributed by atoms with E-state index < -0.39 is 5.41 Å². The summed E-state index contributed by atoms with van der Waals surface area (Å²) in [7, 11) is 0. The molecule has 0 aromatic heterocycles. The highest BCUT2D eigenvalue weighted by molar-refractivity contribution is 5.34. The van der Waals surface area contributed by atoms with Crippen LogP contribution in [0.15, 0.2) is 37.0 Å². The maximum absolute atomic E-state index is 9.40. The van der Waals surface area contributed by atoms with Crippen LogP contribution in [0.3, 0.4) is 0 Å². The summed E-state index contributed by atoms with van der Waals surface area (Å²) in [6, 6.07) is 2.43. The molecule has 0 aliphatic carbocycles. The van der Waals surface area contributed by atoms with Crippen LogP contribution < -0.4 is 5.32 Å². The molecule has 0 spiro atoms. The quantitative estimate of drug-likeness (QED) is 0.501. The van der Waals surface area contributed by atoms with E-state index in [1.165, 1.54) is 0 Å². The lowest BCUT2D eigenvalue weighted by Crippen LogP contribution is -2.26. The van der Waals surface area contributed by atoms with Crippen LogP contribution in [0.2, 0.25) is 0 Å². The Kier molecular flexibility index (Phi) is 7.24. The Balaban J connectivity index is 4.93. The Hall–Kier alpha value is -1.33. The first kappa shape index (κ1) is 14.7. The number of nitrogens with zero attached hydrogens (tertiary/aromatic N) is 1. The second kappa shape index (κ2) is 7.90. The number of rotatable bonds is 8. The lowest BCUT2D eigenvalue weighted by molar-refractivity contribution is 0.415. The molecule has 0 radical (unpaired) electrons. The zero-order valence-electron chi connectivity index (χ0n) is 10.4. The van der Waals surface area contributed by atoms with Crippen molar-refractivity contribution in [2.24, 2.45) is 5.41 Å². The minimum Gasteiger partial charge on any atom is -0.317 e. The van der Waals surface area contributed by atoms with Crippen molar-refractivity contribution >= 4 is 0 Å². The summed E-state index contributed by atoms with van der Waals surface area (Å²) < 4.78 is 0. The molecule has 0 heterocycles. The molecule has 0 saturated heterocycles. The van der Waals surface area contributed by atoms with E-state index in [4.69, 9.17) is 0 Å². The average molecular weight is 218 g/mol. The molecule has 88 valence electrons. The van der Waals surface area contributed by atoms with Crippen LogP contribution in [0.1, 0.15) is 26.7 Å². The van der Waals surface area contributed by atoms with Gasteiger partial charge >= 0.3 is 0 Å². The maximum Gasteiger partial charge on any atom is 0.0831 e. The molecule has 0 bridgehead atoms. The molecule has 2 heteroatoms. The summed E-state index contributed by atoms with van der Waals surface area (Å²) in [6.07, 6.45) is 6.96. The summed E-state index contributed by atoms with van der Waals surface area (Å²) in [4.78, 5) is 0. The highest BCUT2D eigenvalue weighted by Gasteiger charge is 2.30. The highest BCUT2D eigenvalue weighted by Crippen LogP contribution is 2.34. The van der Waals surface area contributed by atoms with Crippen LogP contribution in [0.25, 0.3) is 0 Å². The molecule has 1 atom stereocenters. The van der Waals surface area contributed by atoms with Crippen molar-refractivity contribution < 1.29 is 0 Å². The third kappa shape index (κ3) is 3.67. The molecule has 0 fully saturated rings. The van der Waals surface area contributed by atoms with Gasteiger partial charge in [-0.25, -0.2) is 0 Å². The molecule has 0 amide bonds. The first-order chi connectivity index (χ1) is 7.70. The minimum absolute atomic E-state index is 0.432. The van der Waals surface area contributed by atoms with Gasteiger partial charge in [0.2, 0.25) is 0 Å². The first-order valence-corrected chi connectivity index (χ1v) is 5.78. The molecular formula is C14H22N2. The Labute approximate surface area is 99.4 Å². The predicted octanol–water partition coefficient (Wildman–Crippen LogP) is 3.20. The van der Waals surface area contributed by atoms with Crippen LogP contribution in [0, 0.1) is 16.7 Å². The third-order valence-electron chi connectivity index (χ3n) is 2.87. The van der Waals surface area contributed by atoms with Gasteiger partial charge in [0, 0.05) is 0 Å². The van der Waals surface area contributed by atoms with E-state index in [1.807, 2.05) is 13.0 Å². The van der Waals surface area contributed by atoms with Crippen LogP contribution in [-0.4, -0.2) is 13.1 Å². The molecule has 0 aliphatic heterocycles. The number of nitriles is 1. The Morgan fingerprint density at radius 2 is 2.12 bits per heavy atom. The maximum atomic E-state index is 9.40. The molecule has 1 N–H and O–H groups in total. The fourth-order valence-electron chi connectivity index (χ4n) is 1.75. The zero-order chi connectivity index (χ0) is 12.4. The molecule has 0 aliphatic rings. The molecule has 0 aromatic rings. The minimum atomic E-state index is -0.432. The molecule has 0 rings (SSSR count). The number of allylic oxidation sites excluding steroid dienone is 4. The summed E-state index contributed by atoms with van der Waals surface area (Å²) in [6.45, 7) is 13.3. The fraction of sp³-hybridized carbons (Fsp3) is 0.500. The summed E-state index contributed by atoms with van der Waals surface area (Å²) in [5.74, 6) is 0. The van der Waals surface area contributed by atoms with Gasteiger partial charge < -0.3 is 5.32 Å². The van der Waals surface area contributed by atoms with Crippen LogP contribution >= 0.6 is 0 Å². The molecule has 2 nitrogen and oxygen atoms in total. The number of nitrogens with one attached hydrogen (secondary N) is 1. The van der Waals surface area contributed by atoms with Gasteiger partial charge in [-0.2, -0.15) is 5.26 Å². The van der Waals surface area contributed by atoms with E-state index in [0.717, 1.165) is 31.5 Å². The van der Waals surface area contributed by atoms with Gasteiger partial charge in [0.05, 0.1) is 11.5 Å². The molecule has 16 heavy (non-hydrogen) atoms. The largest absolute Gasteiger partial charge is 0.317 e. The number of hydrogen-bond donors (Lipinski definition) is 1. The van der Waals surface area contributed by atoms with E-state index in [9.17, 15) is 5.26 Å². The van der Waals surface area contributed by atoms with Gasteiger partial charge in [-0.05, 0) is 31.5 Å². The summed E-state index contributed by atoms with van der Waals surface area (Å²) in [5, 5.41) is 12.7. The topological polar surface area (TPSA) is 35.8 Å². The van der Waals surface area contributed by atoms with Crippen molar-refractivity contribution in [3.05, 3.63) is 37.0 Å². The average Bonchev–Trinajstić information content (AvgIpc) is 2.33. The molecule has 1 unspecified atom stereocenters. The zero-order valence-corrected chi connectivity index (χ0v) is 10.4. The first-order valence-electron chi connectivity index (χ1n) is 5.78. The predicted molar refractivity (Wildman–Crippen MR) is 70.0 cm³/mol. The lowest BCUT2D eigenvalue weighted by Gasteiger charge is -2.26. The summed E-state index contributed by atoms with van der Waals surface area (Å²) in [5.41, 5.74) is 0.531. The van der Waals surface area contributed by atoms with Crippen molar-refractivity contribution in [1.82, 2.24) is 5.32 Å². The molecule has 0 saturated carbocycles. The van der Waals surface area contributed by atoms with Crippen LogP contribution in [0.5, 0.6) is 0 Å². The van der Waals surface area contributed by atoms with E-state index in [-0.39, 0.29) is 0 Å². The standard InChI is InChI=1S/C14H22N2/c1-5-9-13(6-2)14(7-3,12-15)10-11-16-8-4/h5-6,9,16H,1-2,7-8,10-11H2,3-4H3/b13-9+. The van der Waals surface area contributed by atoms with E-state index in [0.29, 0.717) is 0 Å². The summed E-state index contributed by atoms with van der Waals surface area (Å²) >= 11 is 0. The number of hydrogen-bond acceptors (Lipinski definition) is 2. The second-order valence-corrected chi connectivity index (χ2v) is 3.71. The van der Waals surface area contributed by atoms with Crippen molar-refractivity contribution in [2.75, 3.05) is 13.1 Å². The second-order valence-electron chi connectivity index (χ2n) is 3.71. The Morgan fingerprint density at radius 1 is 1.44 bits per heavy atom. The van der Waals surface area contributed by atoms with Gasteiger partial charge in [-0.1, -0.05) is 45.2 Å². The van der Waals surface area contributed by atoms with Gasteiger partial charge in [0.25, 0.3) is 0 Å². The van der Waals surface area contributed by atoms with Crippen molar-refractivity contribution in [3.8, 4) is 6.07 Å². The lowest BCUT2D eigenvalue weighted by atomic mass is 9.76. The van der Waals surface area contributed by atoms with Gasteiger partial charge in [0.15, 0.2) is 0 Å². The Morgan fingerprint density at radius 3 is 2.50 bits per heavy atom. The van der Waals surface area contributed by atoms with E-state index in [2.05, 4.69) is 31.5 Å². The van der Waals surface area contributed by atoms with Gasteiger partial charge in [-0.3, -0.25) is 0 Å². The van der Waals surface area contributed by atoms with Crippen molar-refractivity contribution in [2.45, 2.75) is 26.7 Å². The van der Waals surface area contributed by atoms with Crippen molar-refractivity contribution in [1.29, 1.82) is 5.26 Å². The smallest absolute Gasteiger partial charge is 0.0831 e. The highest BCUT2D eigenvalue weighted by atomic mass is 14.8. The Bertz CT molecular complexity index is 296. The molecule has 0 aromatic carbocycles. The third-order valence-corrected chi connectivity index (χ3v) is 2.87. The monoisotopic (exact) mass is 218 g/mol.